The number of alkyl halides is 2. The summed E-state index contributed by atoms with van der Waals surface area (Å²) < 4.78 is 96.4. The first kappa shape index (κ1) is 20.6. The molecule has 0 aromatic carbocycles. The van der Waals surface area contributed by atoms with Crippen LogP contribution in [0.15, 0.2) is 0 Å². The van der Waals surface area contributed by atoms with Crippen LogP contribution in [0.25, 0.3) is 0 Å². The first-order valence-corrected chi connectivity index (χ1v) is 5.13. The van der Waals surface area contributed by atoms with Crippen LogP contribution < -0.4 is 0 Å². The van der Waals surface area contributed by atoms with Gasteiger partial charge in [-0.1, -0.05) is 0 Å². The van der Waals surface area contributed by atoms with Crippen LogP contribution in [0.1, 0.15) is 0 Å². The Morgan fingerprint density at radius 2 is 1.13 bits per heavy atom. The van der Waals surface area contributed by atoms with Gasteiger partial charge in [0.15, 0.2) is 10.1 Å². The van der Waals surface area contributed by atoms with Crippen molar-refractivity contribution in [2.75, 3.05) is 0 Å². The van der Waals surface area contributed by atoms with Gasteiger partial charge in [-0.15, -0.1) is 0 Å². The van der Waals surface area contributed by atoms with Gasteiger partial charge in [-0.3, -0.25) is 8.42 Å². The molecule has 0 radical (unpaired) electrons. The monoisotopic (exact) mass is 325 g/mol. The summed E-state index contributed by atoms with van der Waals surface area (Å²) in [7, 11) is -10.7. The molecule has 0 spiro atoms. The summed E-state index contributed by atoms with van der Waals surface area (Å²) in [5, 5.41) is 0. The van der Waals surface area contributed by atoms with E-state index in [0.717, 1.165) is 0 Å². The summed E-state index contributed by atoms with van der Waals surface area (Å²) in [6, 6.07) is 0. The Balaban J connectivity index is -0.000000180. The van der Waals surface area contributed by atoms with Gasteiger partial charge < -0.3 is 17.9 Å². The van der Waals surface area contributed by atoms with Gasteiger partial charge in [0.2, 0.25) is 0 Å². The molecule has 88 valence electrons. The second-order valence-corrected chi connectivity index (χ2v) is 3.99. The van der Waals surface area contributed by atoms with E-state index >= 15 is 0 Å². The molecule has 0 aliphatic rings. The minimum Gasteiger partial charge on any atom is -0.770 e. The van der Waals surface area contributed by atoms with Gasteiger partial charge in [-0.25, -0.2) is 8.42 Å². The maximum absolute atomic E-state index is 10.6. The summed E-state index contributed by atoms with van der Waals surface area (Å²) >= 11 is 0. The van der Waals surface area contributed by atoms with E-state index in [4.69, 9.17) is 25.9 Å². The fraction of sp³-hybridized carbons (Fsp3) is 0.500. The molecule has 0 saturated heterocycles. The Hall–Kier alpha value is 0.163. The van der Waals surface area contributed by atoms with E-state index < -0.39 is 31.8 Å². The van der Waals surface area contributed by atoms with Crippen molar-refractivity contribution in [3.05, 3.63) is 5.76 Å². The Kier molecular flexibility index (Phi) is 10.2. The first-order valence-electron chi connectivity index (χ1n) is 2.25. The van der Waals surface area contributed by atoms with Crippen molar-refractivity contribution in [3.63, 3.8) is 0 Å². The Morgan fingerprint density at radius 3 is 1.13 bits per heavy atom. The maximum Gasteiger partial charge on any atom is 2.00 e. The van der Waals surface area contributed by atoms with Gasteiger partial charge >= 0.3 is 25.2 Å². The third kappa shape index (κ3) is 14.2. The van der Waals surface area contributed by atoms with Crippen LogP contribution in [0.2, 0.25) is 0 Å². The van der Waals surface area contributed by atoms with Crippen molar-refractivity contribution in [3.8, 4) is 0 Å². The molecule has 0 aromatic rings. The molecule has 0 N–H and O–H groups in total. The van der Waals surface area contributed by atoms with Crippen LogP contribution in [0.3, 0.4) is 0 Å². The Labute approximate surface area is 94.9 Å². The minimum absolute atomic E-state index is 0. The molecule has 0 amide bonds. The topological polar surface area (TPSA) is 114 Å². The van der Waals surface area contributed by atoms with E-state index in [1.54, 1.807) is 0 Å². The number of rotatable bonds is 2. The minimum atomic E-state index is -5.41. The van der Waals surface area contributed by atoms with E-state index in [1.165, 1.54) is 0 Å². The van der Waals surface area contributed by atoms with Crippen LogP contribution in [-0.4, -0.2) is 31.7 Å². The third-order valence-corrected chi connectivity index (χ3v) is 1.22. The molecule has 15 heavy (non-hydrogen) atoms. The molecule has 0 aliphatic heterocycles. The van der Waals surface area contributed by atoms with Crippen LogP contribution in [0, 0.1) is 5.76 Å². The van der Waals surface area contributed by atoms with Crippen LogP contribution in [0.5, 0.6) is 0 Å². The molecule has 13 heteroatoms. The van der Waals surface area contributed by atoms with E-state index in [-0.39, 0.29) is 19.5 Å². The zero-order valence-electron chi connectivity index (χ0n) is 6.56. The van der Waals surface area contributed by atoms with Gasteiger partial charge in [0.1, 0.15) is 5.76 Å². The molecule has 0 aromatic heterocycles. The zero-order valence-corrected chi connectivity index (χ0v) is 11.2. The normalized spacial score (nSPS) is 11.7. The molecule has 0 rings (SSSR count). The summed E-state index contributed by atoms with van der Waals surface area (Å²) in [6.07, 6.45) is 0. The van der Waals surface area contributed by atoms with Crippen LogP contribution in [-0.2, 0) is 39.7 Å². The van der Waals surface area contributed by atoms with Crippen molar-refractivity contribution in [2.24, 2.45) is 0 Å². The van der Waals surface area contributed by atoms with E-state index in [0.29, 0.717) is 0 Å². The van der Waals surface area contributed by atoms with Gasteiger partial charge in [-0.2, -0.15) is 8.78 Å². The number of hydrogen-bond donors (Lipinski definition) is 0. The Morgan fingerprint density at radius 1 is 1.00 bits per heavy atom. The summed E-state index contributed by atoms with van der Waals surface area (Å²) in [5.41, 5.74) is 0. The third-order valence-electron chi connectivity index (χ3n) is 0.407. The molecule has 0 atom stereocenters. The molecule has 0 heterocycles. The quantitative estimate of drug-likeness (QED) is 0.297. The Bertz CT molecular complexity index is 311. The zero-order chi connectivity index (χ0) is 12.2. The van der Waals surface area contributed by atoms with Crippen molar-refractivity contribution >= 4 is 20.2 Å². The second-order valence-electron chi connectivity index (χ2n) is 1.43. The average Bonchev–Trinajstić information content (AvgIpc) is 1.83. The van der Waals surface area contributed by atoms with Crippen molar-refractivity contribution in [1.82, 2.24) is 0 Å². The molecule has 0 bridgehead atoms. The molecule has 0 aliphatic carbocycles. The SMILES string of the molecule is O=S(=O)([O-])C(F)F.O=S(=O)([O-])[C-](F)F.[Zn+2]. The second kappa shape index (κ2) is 7.44. The average molecular weight is 327 g/mol. The number of hydrogen-bond acceptors (Lipinski definition) is 6. The van der Waals surface area contributed by atoms with E-state index in [9.17, 15) is 17.6 Å². The molecule has 0 unspecified atom stereocenters. The van der Waals surface area contributed by atoms with E-state index in [2.05, 4.69) is 0 Å². The van der Waals surface area contributed by atoms with Crippen LogP contribution >= 0.6 is 0 Å². The number of halogens is 4. The van der Waals surface area contributed by atoms with Crippen molar-refractivity contribution in [2.45, 2.75) is 5.76 Å². The predicted molar refractivity (Wildman–Crippen MR) is 30.9 cm³/mol. The van der Waals surface area contributed by atoms with Crippen molar-refractivity contribution in [1.29, 1.82) is 0 Å². The predicted octanol–water partition coefficient (Wildman–Crippen LogP) is -0.331. The summed E-state index contributed by atoms with van der Waals surface area (Å²) in [6.45, 7) is 0. The standard InChI is InChI=1S/CH2F2O3S.CHF2O3S.Zn/c2*2-1(3)7(4,5)6;/h1H,(H,4,5,6);(H,4,5,6);/q;-1;+2/p-2. The maximum atomic E-state index is 10.6. The molecule has 6 nitrogen and oxygen atoms in total. The van der Waals surface area contributed by atoms with Gasteiger partial charge in [0.25, 0.3) is 0 Å². The first-order chi connectivity index (χ1) is 5.89. The molecular formula is C2HF4O6S2Zn-. The van der Waals surface area contributed by atoms with E-state index in [1.807, 2.05) is 0 Å². The summed E-state index contributed by atoms with van der Waals surface area (Å²) in [4.78, 5) is 0. The molecule has 0 fully saturated rings. The summed E-state index contributed by atoms with van der Waals surface area (Å²) in [5.74, 6) is -6.88. The van der Waals surface area contributed by atoms with Gasteiger partial charge in [0.05, 0.1) is 0 Å². The largest absolute Gasteiger partial charge is 2.00 e. The van der Waals surface area contributed by atoms with Crippen LogP contribution in [0.4, 0.5) is 17.6 Å². The van der Waals surface area contributed by atoms with Gasteiger partial charge in [-0.05, 0) is 0 Å². The fourth-order valence-corrected chi connectivity index (χ4v) is 0. The fourth-order valence-electron chi connectivity index (χ4n) is 0. The van der Waals surface area contributed by atoms with Crippen molar-refractivity contribution < 1.29 is 63.0 Å². The molecule has 0 saturated carbocycles. The molecular weight excluding hydrogens is 326 g/mol. The smallest absolute Gasteiger partial charge is 0.770 e. The van der Waals surface area contributed by atoms with Gasteiger partial charge in [0, 0.05) is 10.1 Å².